The molecule has 0 aromatic rings. The molecule has 2 aliphatic carbocycles. The van der Waals surface area contributed by atoms with Crippen LogP contribution in [0.25, 0.3) is 0 Å². The van der Waals surface area contributed by atoms with E-state index in [-0.39, 0.29) is 17.1 Å². The number of fused-ring (bicyclic) bond motifs is 1. The Balaban J connectivity index is 2.60. The van der Waals surface area contributed by atoms with E-state index >= 15 is 0 Å². The summed E-state index contributed by atoms with van der Waals surface area (Å²) < 4.78 is 0. The molecular weight excluding hydrogens is 222 g/mol. The van der Waals surface area contributed by atoms with Gasteiger partial charge < -0.3 is 0 Å². The monoisotopic (exact) mass is 243 g/mol. The fraction of sp³-hybridized carbons (Fsp3) is 0.625. The predicted octanol–water partition coefficient (Wildman–Crippen LogP) is 3.80. The van der Waals surface area contributed by atoms with Gasteiger partial charge in [0.15, 0.2) is 5.78 Å². The highest BCUT2D eigenvalue weighted by atomic mass is 16.1. The van der Waals surface area contributed by atoms with Gasteiger partial charge in [-0.15, -0.1) is 0 Å². The molecule has 2 aliphatic rings. The number of allylic oxidation sites excluding steroid dienone is 3. The molecular formula is C16H21NO. The van der Waals surface area contributed by atoms with Gasteiger partial charge in [0.1, 0.15) is 0 Å². The molecule has 0 heterocycles. The van der Waals surface area contributed by atoms with Crippen LogP contribution >= 0.6 is 0 Å². The van der Waals surface area contributed by atoms with Crippen LogP contribution in [0.2, 0.25) is 0 Å². The van der Waals surface area contributed by atoms with Crippen molar-refractivity contribution in [2.24, 2.45) is 16.7 Å². The maximum atomic E-state index is 11.7. The van der Waals surface area contributed by atoms with Crippen LogP contribution in [0.3, 0.4) is 0 Å². The molecule has 2 heteroatoms. The topological polar surface area (TPSA) is 40.9 Å². The molecule has 1 fully saturated rings. The molecule has 0 N–H and O–H groups in total. The number of rotatable bonds is 1. The summed E-state index contributed by atoms with van der Waals surface area (Å²) in [5.41, 5.74) is 1.60. The van der Waals surface area contributed by atoms with Crippen molar-refractivity contribution >= 4 is 5.78 Å². The van der Waals surface area contributed by atoms with Gasteiger partial charge in [-0.1, -0.05) is 26.0 Å². The Morgan fingerprint density at radius 1 is 1.50 bits per heavy atom. The van der Waals surface area contributed by atoms with E-state index < -0.39 is 5.41 Å². The van der Waals surface area contributed by atoms with Gasteiger partial charge in [-0.3, -0.25) is 4.79 Å². The summed E-state index contributed by atoms with van der Waals surface area (Å²) in [6, 6.07) is 2.55. The molecule has 18 heavy (non-hydrogen) atoms. The van der Waals surface area contributed by atoms with Crippen LogP contribution in [-0.2, 0) is 4.79 Å². The van der Waals surface area contributed by atoms with Crippen molar-refractivity contribution < 1.29 is 4.79 Å². The largest absolute Gasteiger partial charge is 0.295 e. The molecule has 0 spiro atoms. The zero-order chi connectivity index (χ0) is 13.6. The second kappa shape index (κ2) is 4.09. The van der Waals surface area contributed by atoms with Gasteiger partial charge in [-0.25, -0.2) is 0 Å². The smallest absolute Gasteiger partial charge is 0.155 e. The van der Waals surface area contributed by atoms with Crippen molar-refractivity contribution in [2.45, 2.75) is 46.5 Å². The molecule has 0 aromatic heterocycles. The van der Waals surface area contributed by atoms with E-state index in [0.29, 0.717) is 12.8 Å². The normalized spacial score (nSPS) is 34.2. The lowest BCUT2D eigenvalue weighted by atomic mass is 9.51. The molecule has 2 rings (SSSR count). The first kappa shape index (κ1) is 13.1. The number of nitrogens with zero attached hydrogens (tertiary/aromatic N) is 1. The molecule has 1 saturated carbocycles. The minimum atomic E-state index is -0.485. The van der Waals surface area contributed by atoms with Crippen LogP contribution in [0, 0.1) is 28.1 Å². The molecule has 0 amide bonds. The highest BCUT2D eigenvalue weighted by Gasteiger charge is 2.52. The van der Waals surface area contributed by atoms with Crippen LogP contribution in [0.5, 0.6) is 0 Å². The second-order valence-corrected chi connectivity index (χ2v) is 6.43. The summed E-state index contributed by atoms with van der Waals surface area (Å²) in [6.07, 6.45) is 4.93. The Labute approximate surface area is 109 Å². The fourth-order valence-electron chi connectivity index (χ4n) is 3.73. The van der Waals surface area contributed by atoms with Crippen molar-refractivity contribution in [3.05, 3.63) is 23.8 Å². The van der Waals surface area contributed by atoms with Crippen LogP contribution in [-0.4, -0.2) is 5.78 Å². The summed E-state index contributed by atoms with van der Waals surface area (Å²) in [5, 5.41) is 9.77. The van der Waals surface area contributed by atoms with Crippen LogP contribution in [0.1, 0.15) is 46.5 Å². The lowest BCUT2D eigenvalue weighted by molar-refractivity contribution is -0.116. The lowest BCUT2D eigenvalue weighted by Gasteiger charge is -2.50. The maximum absolute atomic E-state index is 11.7. The molecule has 0 aliphatic heterocycles. The molecule has 96 valence electrons. The standard InChI is InChI=1S/C16H21NO/c1-11(2)13-6-7-15(3,4)14-9-12(18)5-8-16(13,14)10-17/h9,13H,1,5-8H2,2-4H3/t13-,16+/m0/s1. The average Bonchev–Trinajstić information content (AvgIpc) is 2.29. The Morgan fingerprint density at radius 2 is 2.17 bits per heavy atom. The van der Waals surface area contributed by atoms with E-state index in [2.05, 4.69) is 26.5 Å². The zero-order valence-electron chi connectivity index (χ0n) is 11.5. The van der Waals surface area contributed by atoms with E-state index in [0.717, 1.165) is 24.0 Å². The SMILES string of the molecule is C=C(C)[C@@H]1CCC(C)(C)C2=CC(=O)CC[C@]21C#N. The van der Waals surface area contributed by atoms with Gasteiger partial charge in [0.25, 0.3) is 0 Å². The summed E-state index contributed by atoms with van der Waals surface area (Å²) >= 11 is 0. The molecule has 0 bridgehead atoms. The first-order valence-electron chi connectivity index (χ1n) is 6.65. The van der Waals surface area contributed by atoms with E-state index in [1.807, 2.05) is 6.92 Å². The number of carbonyl (C=O) groups excluding carboxylic acids is 1. The van der Waals surface area contributed by atoms with Crippen molar-refractivity contribution in [3.63, 3.8) is 0 Å². The molecule has 0 unspecified atom stereocenters. The first-order valence-corrected chi connectivity index (χ1v) is 6.65. The number of nitriles is 1. The third-order valence-electron chi connectivity index (χ3n) is 4.73. The summed E-state index contributed by atoms with van der Waals surface area (Å²) in [4.78, 5) is 11.7. The van der Waals surface area contributed by atoms with Crippen molar-refractivity contribution in [2.75, 3.05) is 0 Å². The lowest BCUT2D eigenvalue weighted by Crippen LogP contribution is -2.45. The van der Waals surface area contributed by atoms with Gasteiger partial charge in [0.2, 0.25) is 0 Å². The van der Waals surface area contributed by atoms with E-state index in [1.165, 1.54) is 0 Å². The molecule has 0 radical (unpaired) electrons. The average molecular weight is 243 g/mol. The second-order valence-electron chi connectivity index (χ2n) is 6.43. The van der Waals surface area contributed by atoms with Gasteiger partial charge in [0, 0.05) is 12.3 Å². The predicted molar refractivity (Wildman–Crippen MR) is 71.7 cm³/mol. The molecule has 2 atom stereocenters. The van der Waals surface area contributed by atoms with Crippen LogP contribution < -0.4 is 0 Å². The van der Waals surface area contributed by atoms with E-state index in [4.69, 9.17) is 0 Å². The number of hydrogen-bond donors (Lipinski definition) is 0. The number of ketones is 1. The Hall–Kier alpha value is -1.36. The van der Waals surface area contributed by atoms with Crippen LogP contribution in [0.15, 0.2) is 23.8 Å². The van der Waals surface area contributed by atoms with Crippen molar-refractivity contribution in [1.29, 1.82) is 5.26 Å². The minimum Gasteiger partial charge on any atom is -0.295 e. The summed E-state index contributed by atoms with van der Waals surface area (Å²) in [6.45, 7) is 10.4. The summed E-state index contributed by atoms with van der Waals surface area (Å²) in [5.74, 6) is 0.376. The van der Waals surface area contributed by atoms with Gasteiger partial charge >= 0.3 is 0 Å². The first-order chi connectivity index (χ1) is 8.33. The van der Waals surface area contributed by atoms with Gasteiger partial charge in [-0.05, 0) is 43.3 Å². The molecule has 2 nitrogen and oxygen atoms in total. The molecule has 0 saturated heterocycles. The highest BCUT2D eigenvalue weighted by molar-refractivity contribution is 5.92. The van der Waals surface area contributed by atoms with E-state index in [1.54, 1.807) is 6.08 Å². The Kier molecular flexibility index (Phi) is 2.97. The maximum Gasteiger partial charge on any atom is 0.155 e. The number of carbonyl (C=O) groups is 1. The third kappa shape index (κ3) is 1.73. The highest BCUT2D eigenvalue weighted by Crippen LogP contribution is 2.58. The minimum absolute atomic E-state index is 0.0439. The Morgan fingerprint density at radius 3 is 2.72 bits per heavy atom. The van der Waals surface area contributed by atoms with Gasteiger partial charge in [0.05, 0.1) is 11.5 Å². The van der Waals surface area contributed by atoms with Gasteiger partial charge in [-0.2, -0.15) is 5.26 Å². The molecule has 0 aromatic carbocycles. The third-order valence-corrected chi connectivity index (χ3v) is 4.73. The summed E-state index contributed by atoms with van der Waals surface area (Å²) in [7, 11) is 0. The van der Waals surface area contributed by atoms with Crippen molar-refractivity contribution in [1.82, 2.24) is 0 Å². The number of hydrogen-bond acceptors (Lipinski definition) is 2. The van der Waals surface area contributed by atoms with Crippen molar-refractivity contribution in [3.8, 4) is 6.07 Å². The zero-order valence-corrected chi connectivity index (χ0v) is 11.5. The fourth-order valence-corrected chi connectivity index (χ4v) is 3.73. The van der Waals surface area contributed by atoms with E-state index in [9.17, 15) is 10.1 Å². The van der Waals surface area contributed by atoms with Crippen LogP contribution in [0.4, 0.5) is 0 Å². The quantitative estimate of drug-likeness (QED) is 0.657. The Bertz CT molecular complexity index is 478.